The minimum Gasteiger partial charge on any atom is -0.382 e. The summed E-state index contributed by atoms with van der Waals surface area (Å²) in [6, 6.07) is 6.78. The van der Waals surface area contributed by atoms with Gasteiger partial charge in [0.25, 0.3) is 0 Å². The summed E-state index contributed by atoms with van der Waals surface area (Å²) < 4.78 is 0.977. The van der Waals surface area contributed by atoms with Gasteiger partial charge in [-0.05, 0) is 65.2 Å². The molecular weight excluding hydrogens is 322 g/mol. The summed E-state index contributed by atoms with van der Waals surface area (Å²) >= 11 is 9.53. The Labute approximate surface area is 129 Å². The Morgan fingerprint density at radius 2 is 1.84 bits per heavy atom. The highest BCUT2D eigenvalue weighted by Crippen LogP contribution is 2.41. The van der Waals surface area contributed by atoms with Crippen molar-refractivity contribution in [2.45, 2.75) is 51.0 Å². The van der Waals surface area contributed by atoms with Crippen molar-refractivity contribution in [1.29, 1.82) is 0 Å². The highest BCUT2D eigenvalue weighted by molar-refractivity contribution is 9.10. The number of nitrogens with one attached hydrogen (secondary N) is 1. The van der Waals surface area contributed by atoms with Gasteiger partial charge in [0.1, 0.15) is 0 Å². The lowest BCUT2D eigenvalue weighted by Crippen LogP contribution is -2.34. The van der Waals surface area contributed by atoms with E-state index < -0.39 is 0 Å². The largest absolute Gasteiger partial charge is 0.382 e. The molecule has 0 saturated heterocycles. The van der Waals surface area contributed by atoms with Gasteiger partial charge in [-0.2, -0.15) is 0 Å². The van der Waals surface area contributed by atoms with Crippen molar-refractivity contribution in [2.24, 2.45) is 11.8 Å². The van der Waals surface area contributed by atoms with E-state index in [0.717, 1.165) is 21.3 Å². The van der Waals surface area contributed by atoms with Crippen LogP contribution in [0.1, 0.15) is 44.9 Å². The van der Waals surface area contributed by atoms with Crippen LogP contribution < -0.4 is 5.32 Å². The molecule has 3 rings (SSSR count). The molecule has 3 atom stereocenters. The molecule has 0 spiro atoms. The van der Waals surface area contributed by atoms with Crippen LogP contribution in [0.2, 0.25) is 5.02 Å². The monoisotopic (exact) mass is 341 g/mol. The van der Waals surface area contributed by atoms with E-state index in [0.29, 0.717) is 6.04 Å². The molecule has 0 radical (unpaired) electrons. The Morgan fingerprint density at radius 1 is 1.05 bits per heavy atom. The van der Waals surface area contributed by atoms with E-state index in [4.69, 9.17) is 11.6 Å². The van der Waals surface area contributed by atoms with Gasteiger partial charge in [-0.15, -0.1) is 0 Å². The van der Waals surface area contributed by atoms with E-state index in [1.165, 1.54) is 50.6 Å². The molecule has 0 heterocycles. The maximum Gasteiger partial charge on any atom is 0.0549 e. The number of anilines is 1. The Kier molecular flexibility index (Phi) is 4.38. The Bertz CT molecular complexity index is 448. The summed E-state index contributed by atoms with van der Waals surface area (Å²) in [5, 5.41) is 4.47. The van der Waals surface area contributed by atoms with Crippen LogP contribution in [-0.4, -0.2) is 6.04 Å². The van der Waals surface area contributed by atoms with Gasteiger partial charge in [-0.3, -0.25) is 0 Å². The van der Waals surface area contributed by atoms with Crippen molar-refractivity contribution < 1.29 is 0 Å². The number of fused-ring (bicyclic) bond motifs is 1. The predicted octanol–water partition coefficient (Wildman–Crippen LogP) is 5.87. The molecule has 2 aliphatic rings. The van der Waals surface area contributed by atoms with Crippen LogP contribution in [0.5, 0.6) is 0 Å². The van der Waals surface area contributed by atoms with Crippen molar-refractivity contribution >= 4 is 33.2 Å². The molecule has 2 aliphatic carbocycles. The summed E-state index contributed by atoms with van der Waals surface area (Å²) in [5.41, 5.74) is 1.19. The highest BCUT2D eigenvalue weighted by atomic mass is 79.9. The summed E-state index contributed by atoms with van der Waals surface area (Å²) in [5.74, 6) is 1.99. The molecule has 0 aromatic heterocycles. The third-order valence-corrected chi connectivity index (χ3v) is 6.04. The fraction of sp³-hybridized carbons (Fsp3) is 0.625. The van der Waals surface area contributed by atoms with Crippen LogP contribution in [0.4, 0.5) is 5.69 Å². The lowest BCUT2D eigenvalue weighted by atomic mass is 9.69. The van der Waals surface area contributed by atoms with E-state index in [-0.39, 0.29) is 0 Å². The fourth-order valence-corrected chi connectivity index (χ4v) is 4.32. The van der Waals surface area contributed by atoms with E-state index in [1.807, 2.05) is 6.07 Å². The number of halogens is 2. The van der Waals surface area contributed by atoms with Gasteiger partial charge in [0.05, 0.1) is 5.02 Å². The molecule has 1 aromatic carbocycles. The standard InChI is InChI=1S/C16H21BrClN/c17-15-10-14(7-8-16(15)18)19-13-6-5-11-3-1-2-4-12(11)9-13/h7-8,10-13,19H,1-6,9H2. The number of rotatable bonds is 2. The van der Waals surface area contributed by atoms with Gasteiger partial charge < -0.3 is 5.32 Å². The topological polar surface area (TPSA) is 12.0 Å². The summed E-state index contributed by atoms with van der Waals surface area (Å²) in [4.78, 5) is 0. The molecule has 1 aromatic rings. The zero-order valence-electron chi connectivity index (χ0n) is 11.2. The first-order chi connectivity index (χ1) is 9.22. The zero-order valence-corrected chi connectivity index (χ0v) is 13.5. The predicted molar refractivity (Wildman–Crippen MR) is 85.9 cm³/mol. The van der Waals surface area contributed by atoms with Gasteiger partial charge in [0, 0.05) is 16.2 Å². The minimum atomic E-state index is 0.646. The molecule has 104 valence electrons. The summed E-state index contributed by atoms with van der Waals surface area (Å²) in [6.07, 6.45) is 9.92. The summed E-state index contributed by atoms with van der Waals surface area (Å²) in [6.45, 7) is 0. The summed E-state index contributed by atoms with van der Waals surface area (Å²) in [7, 11) is 0. The second-order valence-corrected chi connectivity index (χ2v) is 7.35. The number of hydrogen-bond acceptors (Lipinski definition) is 1. The number of hydrogen-bond donors (Lipinski definition) is 1. The maximum atomic E-state index is 6.04. The third-order valence-electron chi connectivity index (χ3n) is 4.83. The maximum absolute atomic E-state index is 6.04. The van der Waals surface area contributed by atoms with Crippen LogP contribution >= 0.6 is 27.5 Å². The van der Waals surface area contributed by atoms with Crippen molar-refractivity contribution in [2.75, 3.05) is 5.32 Å². The lowest BCUT2D eigenvalue weighted by Gasteiger charge is -2.39. The second-order valence-electron chi connectivity index (χ2n) is 6.09. The first-order valence-corrected chi connectivity index (χ1v) is 8.61. The molecule has 1 nitrogen and oxygen atoms in total. The normalized spacial score (nSPS) is 30.7. The van der Waals surface area contributed by atoms with Gasteiger partial charge in [-0.1, -0.05) is 37.3 Å². The van der Waals surface area contributed by atoms with Gasteiger partial charge >= 0.3 is 0 Å². The molecule has 2 saturated carbocycles. The molecule has 1 N–H and O–H groups in total. The van der Waals surface area contributed by atoms with Crippen molar-refractivity contribution in [3.63, 3.8) is 0 Å². The van der Waals surface area contributed by atoms with Crippen molar-refractivity contribution in [1.82, 2.24) is 0 Å². The van der Waals surface area contributed by atoms with Crippen LogP contribution in [-0.2, 0) is 0 Å². The fourth-order valence-electron chi connectivity index (χ4n) is 3.83. The van der Waals surface area contributed by atoms with E-state index in [9.17, 15) is 0 Å². The molecule has 0 amide bonds. The van der Waals surface area contributed by atoms with Crippen LogP contribution in [0.15, 0.2) is 22.7 Å². The van der Waals surface area contributed by atoms with Crippen LogP contribution in [0, 0.1) is 11.8 Å². The SMILES string of the molecule is Clc1ccc(NC2CCC3CCCCC3C2)cc1Br. The smallest absolute Gasteiger partial charge is 0.0549 e. The zero-order chi connectivity index (χ0) is 13.2. The van der Waals surface area contributed by atoms with Gasteiger partial charge in [0.2, 0.25) is 0 Å². The first kappa shape index (κ1) is 13.8. The average Bonchev–Trinajstić information content (AvgIpc) is 2.43. The molecule has 19 heavy (non-hydrogen) atoms. The Hall–Kier alpha value is -0.210. The van der Waals surface area contributed by atoms with E-state index >= 15 is 0 Å². The highest BCUT2D eigenvalue weighted by Gasteiger charge is 2.31. The minimum absolute atomic E-state index is 0.646. The molecular formula is C16H21BrClN. The second kappa shape index (κ2) is 6.05. The third kappa shape index (κ3) is 3.28. The molecule has 0 aliphatic heterocycles. The lowest BCUT2D eigenvalue weighted by molar-refractivity contribution is 0.162. The molecule has 3 unspecified atom stereocenters. The first-order valence-electron chi connectivity index (χ1n) is 7.44. The molecule has 2 fully saturated rings. The van der Waals surface area contributed by atoms with Gasteiger partial charge in [-0.25, -0.2) is 0 Å². The van der Waals surface area contributed by atoms with Crippen LogP contribution in [0.3, 0.4) is 0 Å². The van der Waals surface area contributed by atoms with Crippen molar-refractivity contribution in [3.8, 4) is 0 Å². The quantitative estimate of drug-likeness (QED) is 0.708. The van der Waals surface area contributed by atoms with Crippen LogP contribution in [0.25, 0.3) is 0 Å². The van der Waals surface area contributed by atoms with Gasteiger partial charge in [0.15, 0.2) is 0 Å². The van der Waals surface area contributed by atoms with Crippen molar-refractivity contribution in [3.05, 3.63) is 27.7 Å². The Balaban J connectivity index is 1.62. The average molecular weight is 343 g/mol. The molecule has 0 bridgehead atoms. The Morgan fingerprint density at radius 3 is 2.63 bits per heavy atom. The molecule has 3 heteroatoms. The van der Waals surface area contributed by atoms with E-state index in [2.05, 4.69) is 33.4 Å². The number of benzene rings is 1. The van der Waals surface area contributed by atoms with E-state index in [1.54, 1.807) is 0 Å².